The van der Waals surface area contributed by atoms with Crippen LogP contribution in [0.3, 0.4) is 0 Å². The van der Waals surface area contributed by atoms with Crippen LogP contribution in [0.15, 0.2) is 24.5 Å². The van der Waals surface area contributed by atoms with Crippen LogP contribution in [0.4, 0.5) is 14.5 Å². The van der Waals surface area contributed by atoms with Gasteiger partial charge in [-0.3, -0.25) is 4.55 Å². The Bertz CT molecular complexity index is 617. The third kappa shape index (κ3) is 6.54. The molecule has 1 aromatic carbocycles. The third-order valence-electron chi connectivity index (χ3n) is 2.45. The van der Waals surface area contributed by atoms with E-state index in [-0.39, 0.29) is 23.6 Å². The van der Waals surface area contributed by atoms with Crippen LogP contribution in [0.25, 0.3) is 0 Å². The topological polar surface area (TPSA) is 75.6 Å². The molecule has 0 aromatic heterocycles. The number of nitrogens with one attached hydrogen (secondary N) is 1. The molecule has 0 aliphatic carbocycles. The zero-order chi connectivity index (χ0) is 16.0. The first-order chi connectivity index (χ1) is 9.69. The molecule has 0 heterocycles. The predicted octanol–water partition coefficient (Wildman–Crippen LogP) is 2.96. The Labute approximate surface area is 122 Å². The van der Waals surface area contributed by atoms with Crippen molar-refractivity contribution in [2.45, 2.75) is 19.8 Å². The Morgan fingerprint density at radius 2 is 1.95 bits per heavy atom. The number of halogens is 2. The van der Waals surface area contributed by atoms with Crippen molar-refractivity contribution in [3.8, 4) is 5.75 Å². The Morgan fingerprint density at radius 3 is 2.52 bits per heavy atom. The lowest BCUT2D eigenvalue weighted by molar-refractivity contribution is 0.422. The summed E-state index contributed by atoms with van der Waals surface area (Å²) in [6.07, 6.45) is 0.664. The molecule has 0 bridgehead atoms. The minimum Gasteiger partial charge on any atom is -0.460 e. The van der Waals surface area contributed by atoms with Crippen molar-refractivity contribution < 1.29 is 26.5 Å². The Hall–Kier alpha value is -1.67. The third-order valence-corrected chi connectivity index (χ3v) is 3.26. The first kappa shape index (κ1) is 17.4. The van der Waals surface area contributed by atoms with E-state index in [2.05, 4.69) is 11.9 Å². The van der Waals surface area contributed by atoms with Gasteiger partial charge >= 0.3 is 0 Å². The minimum atomic E-state index is -3.98. The molecular weight excluding hydrogens is 304 g/mol. The van der Waals surface area contributed by atoms with E-state index < -0.39 is 21.8 Å². The molecule has 21 heavy (non-hydrogen) atoms. The van der Waals surface area contributed by atoms with E-state index in [0.717, 1.165) is 12.1 Å². The molecule has 1 aromatic rings. The molecule has 0 saturated heterocycles. The van der Waals surface area contributed by atoms with Crippen molar-refractivity contribution in [3.63, 3.8) is 0 Å². The van der Waals surface area contributed by atoms with Crippen LogP contribution in [0.2, 0.25) is 0 Å². The summed E-state index contributed by atoms with van der Waals surface area (Å²) in [5.74, 6) is -2.00. The van der Waals surface area contributed by atoms with Crippen molar-refractivity contribution >= 4 is 15.8 Å². The predicted molar refractivity (Wildman–Crippen MR) is 75.9 cm³/mol. The van der Waals surface area contributed by atoms with E-state index in [4.69, 9.17) is 9.29 Å². The van der Waals surface area contributed by atoms with Gasteiger partial charge in [0.2, 0.25) is 0 Å². The van der Waals surface area contributed by atoms with E-state index in [1.807, 2.05) is 0 Å². The Kier molecular flexibility index (Phi) is 6.10. The van der Waals surface area contributed by atoms with E-state index >= 15 is 0 Å². The number of allylic oxidation sites excluding steroid dienone is 1. The normalized spacial score (nSPS) is 11.2. The summed E-state index contributed by atoms with van der Waals surface area (Å²) in [7, 11) is -3.98. The van der Waals surface area contributed by atoms with Gasteiger partial charge in [0.1, 0.15) is 0 Å². The van der Waals surface area contributed by atoms with Gasteiger partial charge < -0.3 is 10.1 Å². The quantitative estimate of drug-likeness (QED) is 0.437. The molecule has 2 N–H and O–H groups in total. The number of hydrogen-bond acceptors (Lipinski definition) is 4. The van der Waals surface area contributed by atoms with Gasteiger partial charge in [-0.05, 0) is 19.8 Å². The number of anilines is 1. The zero-order valence-corrected chi connectivity index (χ0v) is 12.3. The van der Waals surface area contributed by atoms with Gasteiger partial charge in [-0.15, -0.1) is 0 Å². The summed E-state index contributed by atoms with van der Waals surface area (Å²) in [5.41, 5.74) is 0.240. The fourth-order valence-electron chi connectivity index (χ4n) is 1.57. The monoisotopic (exact) mass is 321 g/mol. The highest BCUT2D eigenvalue weighted by atomic mass is 32.2. The summed E-state index contributed by atoms with van der Waals surface area (Å²) < 4.78 is 61.2. The summed E-state index contributed by atoms with van der Waals surface area (Å²) in [6.45, 7) is 5.40. The first-order valence-electron chi connectivity index (χ1n) is 6.20. The van der Waals surface area contributed by atoms with Gasteiger partial charge in [-0.2, -0.15) is 8.42 Å². The molecular formula is C13H17F2NO4S. The lowest BCUT2D eigenvalue weighted by atomic mass is 10.2. The van der Waals surface area contributed by atoms with Crippen LogP contribution in [0.1, 0.15) is 19.8 Å². The average Bonchev–Trinajstić information content (AvgIpc) is 2.32. The molecule has 0 aliphatic rings. The molecule has 1 rings (SSSR count). The van der Waals surface area contributed by atoms with Crippen LogP contribution >= 0.6 is 0 Å². The summed E-state index contributed by atoms with van der Waals surface area (Å²) in [6, 6.07) is 1.86. The maximum Gasteiger partial charge on any atom is 0.264 e. The van der Waals surface area contributed by atoms with Crippen molar-refractivity contribution in [1.29, 1.82) is 0 Å². The second kappa shape index (κ2) is 7.37. The molecule has 0 unspecified atom stereocenters. The highest BCUT2D eigenvalue weighted by Crippen LogP contribution is 2.28. The van der Waals surface area contributed by atoms with Crippen molar-refractivity contribution in [1.82, 2.24) is 0 Å². The van der Waals surface area contributed by atoms with E-state index in [1.54, 1.807) is 6.92 Å². The summed E-state index contributed by atoms with van der Waals surface area (Å²) in [4.78, 5) is 0. The highest BCUT2D eigenvalue weighted by molar-refractivity contribution is 7.85. The van der Waals surface area contributed by atoms with Gasteiger partial charge in [0, 0.05) is 18.7 Å². The molecule has 0 atom stereocenters. The minimum absolute atomic E-state index is 0.0937. The van der Waals surface area contributed by atoms with Crippen LogP contribution in [-0.2, 0) is 10.1 Å². The average molecular weight is 321 g/mol. The fourth-order valence-corrected chi connectivity index (χ4v) is 2.14. The molecule has 0 spiro atoms. The van der Waals surface area contributed by atoms with Crippen molar-refractivity contribution in [3.05, 3.63) is 36.1 Å². The van der Waals surface area contributed by atoms with Crippen LogP contribution in [0, 0.1) is 11.6 Å². The van der Waals surface area contributed by atoms with Crippen molar-refractivity contribution in [2.24, 2.45) is 0 Å². The van der Waals surface area contributed by atoms with Crippen LogP contribution in [-0.4, -0.2) is 25.3 Å². The Balaban J connectivity index is 2.64. The molecule has 0 radical (unpaired) electrons. The van der Waals surface area contributed by atoms with Gasteiger partial charge in [-0.25, -0.2) is 8.78 Å². The first-order valence-corrected chi connectivity index (χ1v) is 7.81. The van der Waals surface area contributed by atoms with Crippen LogP contribution in [0.5, 0.6) is 5.75 Å². The lowest BCUT2D eigenvalue weighted by Crippen LogP contribution is -2.08. The molecule has 0 fully saturated rings. The number of rotatable bonds is 8. The van der Waals surface area contributed by atoms with Gasteiger partial charge in [-0.1, -0.05) is 6.58 Å². The standard InChI is InChI=1S/C13H17F2NO4S/c1-9(2)20-13-8-11(15)10(14)7-12(13)16-5-3-4-6-21(17,18)19/h7-8,16H,1,3-6H2,2H3,(H,17,18,19). The number of ether oxygens (including phenoxy) is 1. The Morgan fingerprint density at radius 1 is 1.33 bits per heavy atom. The smallest absolute Gasteiger partial charge is 0.264 e. The maximum absolute atomic E-state index is 13.2. The largest absolute Gasteiger partial charge is 0.460 e. The molecule has 0 saturated carbocycles. The highest BCUT2D eigenvalue weighted by Gasteiger charge is 2.11. The van der Waals surface area contributed by atoms with Crippen LogP contribution < -0.4 is 10.1 Å². The summed E-state index contributed by atoms with van der Waals surface area (Å²) in [5, 5.41) is 2.82. The van der Waals surface area contributed by atoms with E-state index in [0.29, 0.717) is 18.7 Å². The number of hydrogen-bond donors (Lipinski definition) is 2. The SMILES string of the molecule is C=C(C)Oc1cc(F)c(F)cc1NCCCCS(=O)(=O)O. The molecule has 8 heteroatoms. The second-order valence-corrected chi connectivity index (χ2v) is 6.06. The number of benzene rings is 1. The molecule has 5 nitrogen and oxygen atoms in total. The molecule has 118 valence electrons. The zero-order valence-electron chi connectivity index (χ0n) is 11.5. The maximum atomic E-state index is 13.2. The lowest BCUT2D eigenvalue weighted by Gasteiger charge is -2.13. The molecule has 0 amide bonds. The second-order valence-electron chi connectivity index (χ2n) is 4.49. The van der Waals surface area contributed by atoms with Gasteiger partial charge in [0.05, 0.1) is 17.2 Å². The summed E-state index contributed by atoms with van der Waals surface area (Å²) >= 11 is 0. The fraction of sp³-hybridized carbons (Fsp3) is 0.385. The van der Waals surface area contributed by atoms with Crippen molar-refractivity contribution in [2.75, 3.05) is 17.6 Å². The number of unbranched alkanes of at least 4 members (excludes halogenated alkanes) is 1. The van der Waals surface area contributed by atoms with Gasteiger partial charge in [0.15, 0.2) is 17.4 Å². The van der Waals surface area contributed by atoms with E-state index in [1.165, 1.54) is 0 Å². The van der Waals surface area contributed by atoms with Gasteiger partial charge in [0.25, 0.3) is 10.1 Å². The molecule has 0 aliphatic heterocycles. The van der Waals surface area contributed by atoms with E-state index in [9.17, 15) is 17.2 Å².